The van der Waals surface area contributed by atoms with Gasteiger partial charge in [-0.1, -0.05) is 24.8 Å². The van der Waals surface area contributed by atoms with Crippen LogP contribution in [0.5, 0.6) is 5.75 Å². The number of carbonyl (C=O) groups excluding carboxylic acids is 1. The van der Waals surface area contributed by atoms with E-state index in [1.54, 1.807) is 42.5 Å². The molecule has 1 aromatic carbocycles. The molecule has 1 N–H and O–H groups in total. The highest BCUT2D eigenvalue weighted by molar-refractivity contribution is 5.96. The molecule has 1 aliphatic rings. The monoisotopic (exact) mass is 214 g/mol. The lowest BCUT2D eigenvalue weighted by atomic mass is 10.1. The van der Waals surface area contributed by atoms with Gasteiger partial charge in [0.25, 0.3) is 0 Å². The van der Waals surface area contributed by atoms with Gasteiger partial charge in [-0.2, -0.15) is 0 Å². The fourth-order valence-corrected chi connectivity index (χ4v) is 1.33. The van der Waals surface area contributed by atoms with Gasteiger partial charge in [0.15, 0.2) is 0 Å². The molecule has 1 aromatic rings. The molecule has 0 radical (unpaired) electrons. The first-order valence-corrected chi connectivity index (χ1v) is 4.75. The molecule has 3 nitrogen and oxygen atoms in total. The number of rotatable bonds is 2. The van der Waals surface area contributed by atoms with Crippen LogP contribution in [0.2, 0.25) is 0 Å². The molecule has 0 bridgehead atoms. The highest BCUT2D eigenvalue weighted by Crippen LogP contribution is 2.18. The van der Waals surface area contributed by atoms with Gasteiger partial charge < -0.3 is 9.84 Å². The molecular weight excluding hydrogens is 204 g/mol. The van der Waals surface area contributed by atoms with Gasteiger partial charge in [-0.25, -0.2) is 4.79 Å². The third kappa shape index (κ3) is 2.20. The number of ether oxygens (including phenoxy) is 1. The van der Waals surface area contributed by atoms with Crippen LogP contribution in [0.15, 0.2) is 54.3 Å². The Bertz CT molecular complexity index is 492. The Hall–Kier alpha value is -2.29. The average Bonchev–Trinajstić information content (AvgIpc) is 2.57. The third-order valence-corrected chi connectivity index (χ3v) is 2.12. The highest BCUT2D eigenvalue weighted by atomic mass is 16.5. The zero-order chi connectivity index (χ0) is 11.5. The summed E-state index contributed by atoms with van der Waals surface area (Å²) in [6, 6.07) is 6.67. The van der Waals surface area contributed by atoms with E-state index < -0.39 is 0 Å². The minimum atomic E-state index is -0.389. The molecule has 16 heavy (non-hydrogen) atoms. The van der Waals surface area contributed by atoms with Crippen molar-refractivity contribution in [1.29, 1.82) is 0 Å². The smallest absolute Gasteiger partial charge is 0.343 e. The molecule has 3 heteroatoms. The third-order valence-electron chi connectivity index (χ3n) is 2.12. The van der Waals surface area contributed by atoms with Crippen LogP contribution in [0, 0.1) is 0 Å². The standard InChI is InChI=1S/C13H10O3/c1-9-8-11(13(15)16-9)5-2-10-3-6-12(14)7-4-10/h2-8,14H,1H2. The Kier molecular flexibility index (Phi) is 2.60. The number of aromatic hydroxyl groups is 1. The van der Waals surface area contributed by atoms with E-state index >= 15 is 0 Å². The van der Waals surface area contributed by atoms with E-state index in [9.17, 15) is 4.79 Å². The van der Waals surface area contributed by atoms with Gasteiger partial charge >= 0.3 is 5.97 Å². The number of esters is 1. The zero-order valence-corrected chi connectivity index (χ0v) is 8.51. The molecule has 0 fully saturated rings. The van der Waals surface area contributed by atoms with Gasteiger partial charge in [0, 0.05) is 0 Å². The van der Waals surface area contributed by atoms with Gasteiger partial charge in [-0.15, -0.1) is 0 Å². The molecule has 0 saturated carbocycles. The number of cyclic esters (lactones) is 1. The maximum atomic E-state index is 11.2. The van der Waals surface area contributed by atoms with Crippen molar-refractivity contribution in [2.24, 2.45) is 0 Å². The average molecular weight is 214 g/mol. The summed E-state index contributed by atoms with van der Waals surface area (Å²) in [6.07, 6.45) is 5.01. The topological polar surface area (TPSA) is 46.5 Å². The van der Waals surface area contributed by atoms with Crippen LogP contribution in [-0.4, -0.2) is 11.1 Å². The zero-order valence-electron chi connectivity index (χ0n) is 8.51. The molecule has 0 aliphatic carbocycles. The Balaban J connectivity index is 2.16. The molecule has 1 aliphatic heterocycles. The minimum Gasteiger partial charge on any atom is -0.508 e. The number of phenols is 1. The second kappa shape index (κ2) is 4.06. The first kappa shape index (κ1) is 10.2. The largest absolute Gasteiger partial charge is 0.508 e. The molecule has 0 spiro atoms. The van der Waals surface area contributed by atoms with Gasteiger partial charge in [-0.05, 0) is 29.8 Å². The SMILES string of the molecule is C=C1C=C(C=Cc2ccc(O)cc2)C(=O)O1. The Labute approximate surface area is 93.0 Å². The molecule has 0 atom stereocenters. The van der Waals surface area contributed by atoms with Gasteiger partial charge in [0.05, 0.1) is 5.57 Å². The van der Waals surface area contributed by atoms with Crippen molar-refractivity contribution in [2.75, 3.05) is 0 Å². The number of phenolic OH excluding ortho intramolecular Hbond substituents is 1. The summed E-state index contributed by atoms with van der Waals surface area (Å²) in [5.41, 5.74) is 1.36. The number of hydrogen-bond acceptors (Lipinski definition) is 3. The van der Waals surface area contributed by atoms with Crippen molar-refractivity contribution >= 4 is 12.0 Å². The van der Waals surface area contributed by atoms with E-state index in [1.807, 2.05) is 0 Å². The molecule has 1 heterocycles. The fraction of sp³-hybridized carbons (Fsp3) is 0. The van der Waals surface area contributed by atoms with Crippen LogP contribution in [0.1, 0.15) is 5.56 Å². The molecule has 2 rings (SSSR count). The summed E-state index contributed by atoms with van der Waals surface area (Å²) in [5.74, 6) is 0.181. The second-order valence-corrected chi connectivity index (χ2v) is 3.38. The van der Waals surface area contributed by atoms with E-state index in [2.05, 4.69) is 6.58 Å². The van der Waals surface area contributed by atoms with E-state index in [0.29, 0.717) is 11.3 Å². The maximum Gasteiger partial charge on any atom is 0.343 e. The van der Waals surface area contributed by atoms with Crippen molar-refractivity contribution < 1.29 is 14.6 Å². The van der Waals surface area contributed by atoms with Crippen molar-refractivity contribution in [3.63, 3.8) is 0 Å². The fourth-order valence-electron chi connectivity index (χ4n) is 1.33. The molecule has 0 saturated heterocycles. The maximum absolute atomic E-state index is 11.2. The summed E-state index contributed by atoms with van der Waals surface area (Å²) in [4.78, 5) is 11.2. The van der Waals surface area contributed by atoms with Crippen molar-refractivity contribution in [3.05, 3.63) is 59.9 Å². The molecule has 80 valence electrons. The van der Waals surface area contributed by atoms with Crippen LogP contribution >= 0.6 is 0 Å². The summed E-state index contributed by atoms with van der Waals surface area (Å²) >= 11 is 0. The summed E-state index contributed by atoms with van der Waals surface area (Å²) in [7, 11) is 0. The van der Waals surface area contributed by atoms with E-state index in [1.165, 1.54) is 0 Å². The van der Waals surface area contributed by atoms with Crippen molar-refractivity contribution in [3.8, 4) is 5.75 Å². The second-order valence-electron chi connectivity index (χ2n) is 3.38. The predicted octanol–water partition coefficient (Wildman–Crippen LogP) is 2.40. The summed E-state index contributed by atoms with van der Waals surface area (Å²) in [6.45, 7) is 3.54. The van der Waals surface area contributed by atoms with Crippen LogP contribution < -0.4 is 0 Å². The lowest BCUT2D eigenvalue weighted by Gasteiger charge is -1.94. The quantitative estimate of drug-likeness (QED) is 0.769. The van der Waals surface area contributed by atoms with E-state index in [0.717, 1.165) is 5.56 Å². The summed E-state index contributed by atoms with van der Waals surface area (Å²) < 4.78 is 4.76. The van der Waals surface area contributed by atoms with Crippen LogP contribution in [-0.2, 0) is 9.53 Å². The Morgan fingerprint density at radius 2 is 1.88 bits per heavy atom. The van der Waals surface area contributed by atoms with Crippen LogP contribution in [0.4, 0.5) is 0 Å². The molecule has 0 amide bonds. The normalized spacial score (nSPS) is 15.4. The van der Waals surface area contributed by atoms with Crippen LogP contribution in [0.3, 0.4) is 0 Å². The first-order chi connectivity index (χ1) is 7.65. The number of carbonyl (C=O) groups is 1. The Morgan fingerprint density at radius 1 is 1.19 bits per heavy atom. The van der Waals surface area contributed by atoms with Gasteiger partial charge in [0.2, 0.25) is 0 Å². The van der Waals surface area contributed by atoms with Crippen molar-refractivity contribution in [2.45, 2.75) is 0 Å². The van der Waals surface area contributed by atoms with Gasteiger partial charge in [0.1, 0.15) is 11.5 Å². The lowest BCUT2D eigenvalue weighted by molar-refractivity contribution is -0.132. The molecule has 0 aromatic heterocycles. The van der Waals surface area contributed by atoms with Crippen LogP contribution in [0.25, 0.3) is 6.08 Å². The predicted molar refractivity (Wildman–Crippen MR) is 60.5 cm³/mol. The molecule has 0 unspecified atom stereocenters. The highest BCUT2D eigenvalue weighted by Gasteiger charge is 2.16. The number of hydrogen-bond donors (Lipinski definition) is 1. The van der Waals surface area contributed by atoms with E-state index in [4.69, 9.17) is 9.84 Å². The minimum absolute atomic E-state index is 0.213. The Morgan fingerprint density at radius 3 is 2.44 bits per heavy atom. The lowest BCUT2D eigenvalue weighted by Crippen LogP contribution is -1.95. The molecular formula is C13H10O3. The number of allylic oxidation sites excluding steroid dienone is 1. The summed E-state index contributed by atoms with van der Waals surface area (Å²) in [5, 5.41) is 9.09. The van der Waals surface area contributed by atoms with Crippen molar-refractivity contribution in [1.82, 2.24) is 0 Å². The number of benzene rings is 1. The first-order valence-electron chi connectivity index (χ1n) is 4.75. The van der Waals surface area contributed by atoms with E-state index in [-0.39, 0.29) is 11.7 Å². The van der Waals surface area contributed by atoms with Gasteiger partial charge in [-0.3, -0.25) is 0 Å².